The molecule has 1 nitrogen and oxygen atoms in total. The van der Waals surface area contributed by atoms with Gasteiger partial charge in [0.1, 0.15) is 0 Å². The highest BCUT2D eigenvalue weighted by molar-refractivity contribution is 5.63. The Morgan fingerprint density at radius 1 is 0.714 bits per heavy atom. The number of aryl methyl sites for hydroxylation is 1. The molecule has 1 N–H and O–H groups in total. The molecule has 3 rings (SSSR count). The lowest BCUT2D eigenvalue weighted by atomic mass is 10.0. The minimum Gasteiger partial charge on any atom is -0.381 e. The van der Waals surface area contributed by atoms with Crippen molar-refractivity contribution in [3.05, 3.63) is 90.0 Å². The summed E-state index contributed by atoms with van der Waals surface area (Å²) in [4.78, 5) is 0. The Bertz CT molecular complexity index is 699. The number of anilines is 1. The van der Waals surface area contributed by atoms with Crippen LogP contribution in [0.1, 0.15) is 11.1 Å². The summed E-state index contributed by atoms with van der Waals surface area (Å²) in [5.41, 5.74) is 6.25. The molecule has 104 valence electrons. The predicted octanol–water partition coefficient (Wildman–Crippen LogP) is 5.27. The molecule has 3 aromatic carbocycles. The van der Waals surface area contributed by atoms with E-state index in [0.717, 1.165) is 6.54 Å². The molecule has 1 heteroatoms. The van der Waals surface area contributed by atoms with Gasteiger partial charge in [0.05, 0.1) is 0 Å². The van der Waals surface area contributed by atoms with Gasteiger partial charge in [0, 0.05) is 12.2 Å². The largest absolute Gasteiger partial charge is 0.381 e. The fourth-order valence-corrected chi connectivity index (χ4v) is 2.40. The third-order valence-corrected chi connectivity index (χ3v) is 3.58. The molecule has 0 aliphatic heterocycles. The van der Waals surface area contributed by atoms with E-state index in [2.05, 4.69) is 85.0 Å². The first-order valence-electron chi connectivity index (χ1n) is 7.26. The van der Waals surface area contributed by atoms with Crippen molar-refractivity contribution in [2.75, 3.05) is 5.32 Å². The Morgan fingerprint density at radius 2 is 1.43 bits per heavy atom. The number of benzene rings is 3. The van der Waals surface area contributed by atoms with Crippen LogP contribution in [0.4, 0.5) is 5.69 Å². The molecule has 3 aromatic rings. The summed E-state index contributed by atoms with van der Waals surface area (Å²) in [6.07, 6.45) is 0. The van der Waals surface area contributed by atoms with Gasteiger partial charge in [-0.3, -0.25) is 0 Å². The molecule has 0 aliphatic carbocycles. The number of nitrogens with one attached hydrogen (secondary N) is 1. The molecule has 0 fully saturated rings. The van der Waals surface area contributed by atoms with Crippen LogP contribution in [0, 0.1) is 6.92 Å². The Morgan fingerprint density at radius 3 is 2.14 bits per heavy atom. The smallest absolute Gasteiger partial charge is 0.0400 e. The average molecular weight is 273 g/mol. The van der Waals surface area contributed by atoms with Gasteiger partial charge in [0.15, 0.2) is 0 Å². The zero-order valence-electron chi connectivity index (χ0n) is 12.2. The van der Waals surface area contributed by atoms with Crippen LogP contribution in [0.5, 0.6) is 0 Å². The topological polar surface area (TPSA) is 12.0 Å². The minimum absolute atomic E-state index is 0.846. The van der Waals surface area contributed by atoms with E-state index in [4.69, 9.17) is 0 Å². The van der Waals surface area contributed by atoms with Crippen molar-refractivity contribution >= 4 is 5.69 Å². The summed E-state index contributed by atoms with van der Waals surface area (Å²) in [5.74, 6) is 0. The van der Waals surface area contributed by atoms with Gasteiger partial charge in [-0.15, -0.1) is 0 Å². The van der Waals surface area contributed by atoms with Gasteiger partial charge in [0.25, 0.3) is 0 Å². The van der Waals surface area contributed by atoms with E-state index in [1.54, 1.807) is 0 Å². The van der Waals surface area contributed by atoms with Crippen molar-refractivity contribution < 1.29 is 0 Å². The number of hydrogen-bond donors (Lipinski definition) is 1. The van der Waals surface area contributed by atoms with Crippen LogP contribution in [0.25, 0.3) is 11.1 Å². The maximum Gasteiger partial charge on any atom is 0.0400 e. The van der Waals surface area contributed by atoms with Gasteiger partial charge < -0.3 is 5.32 Å². The van der Waals surface area contributed by atoms with E-state index in [1.165, 1.54) is 27.9 Å². The van der Waals surface area contributed by atoms with Crippen molar-refractivity contribution in [2.24, 2.45) is 0 Å². The van der Waals surface area contributed by atoms with Crippen molar-refractivity contribution in [1.82, 2.24) is 0 Å². The molecule has 0 spiro atoms. The molecular formula is C20H19N. The maximum atomic E-state index is 3.46. The summed E-state index contributed by atoms with van der Waals surface area (Å²) in [6.45, 7) is 2.96. The molecule has 0 aliphatic rings. The van der Waals surface area contributed by atoms with Crippen LogP contribution in [0.15, 0.2) is 78.9 Å². The highest BCUT2D eigenvalue weighted by Gasteiger charge is 1.98. The van der Waals surface area contributed by atoms with Crippen LogP contribution in [-0.2, 0) is 6.54 Å². The number of rotatable bonds is 4. The number of hydrogen-bond acceptors (Lipinski definition) is 1. The van der Waals surface area contributed by atoms with Gasteiger partial charge in [-0.25, -0.2) is 0 Å². The van der Waals surface area contributed by atoms with Gasteiger partial charge >= 0.3 is 0 Å². The summed E-state index contributed by atoms with van der Waals surface area (Å²) in [6, 6.07) is 27.7. The zero-order valence-corrected chi connectivity index (χ0v) is 12.2. The quantitative estimate of drug-likeness (QED) is 0.682. The lowest BCUT2D eigenvalue weighted by Gasteiger charge is -2.08. The first-order chi connectivity index (χ1) is 10.3. The van der Waals surface area contributed by atoms with Gasteiger partial charge in [-0.2, -0.15) is 0 Å². The second-order valence-electron chi connectivity index (χ2n) is 5.29. The van der Waals surface area contributed by atoms with E-state index >= 15 is 0 Å². The van der Waals surface area contributed by atoms with E-state index < -0.39 is 0 Å². The summed E-state index contributed by atoms with van der Waals surface area (Å²) >= 11 is 0. The SMILES string of the molecule is Cc1cccc(NCc2ccc(-c3ccccc3)cc2)c1. The van der Waals surface area contributed by atoms with E-state index in [0.29, 0.717) is 0 Å². The maximum absolute atomic E-state index is 3.46. The lowest BCUT2D eigenvalue weighted by Crippen LogP contribution is -1.99. The molecule has 0 amide bonds. The normalized spacial score (nSPS) is 10.3. The van der Waals surface area contributed by atoms with Crippen molar-refractivity contribution in [2.45, 2.75) is 13.5 Å². The predicted molar refractivity (Wildman–Crippen MR) is 90.4 cm³/mol. The highest BCUT2D eigenvalue weighted by Crippen LogP contribution is 2.19. The summed E-state index contributed by atoms with van der Waals surface area (Å²) in [5, 5.41) is 3.46. The minimum atomic E-state index is 0.846. The standard InChI is InChI=1S/C20H19N/c1-16-6-5-9-20(14-16)21-15-17-10-12-19(13-11-17)18-7-3-2-4-8-18/h2-14,21H,15H2,1H3. The van der Waals surface area contributed by atoms with Gasteiger partial charge in [0.2, 0.25) is 0 Å². The Hall–Kier alpha value is -2.54. The summed E-state index contributed by atoms with van der Waals surface area (Å²) in [7, 11) is 0. The average Bonchev–Trinajstić information content (AvgIpc) is 2.54. The second kappa shape index (κ2) is 6.27. The molecule has 0 radical (unpaired) electrons. The molecule has 0 saturated heterocycles. The van der Waals surface area contributed by atoms with Crippen LogP contribution in [0.3, 0.4) is 0 Å². The molecular weight excluding hydrogens is 254 g/mol. The molecule has 21 heavy (non-hydrogen) atoms. The van der Waals surface area contributed by atoms with Crippen molar-refractivity contribution in [3.8, 4) is 11.1 Å². The molecule has 0 bridgehead atoms. The summed E-state index contributed by atoms with van der Waals surface area (Å²) < 4.78 is 0. The molecule has 0 atom stereocenters. The first kappa shape index (κ1) is 13.4. The third-order valence-electron chi connectivity index (χ3n) is 3.58. The van der Waals surface area contributed by atoms with E-state index in [9.17, 15) is 0 Å². The molecule has 0 saturated carbocycles. The van der Waals surface area contributed by atoms with Crippen LogP contribution >= 0.6 is 0 Å². The first-order valence-corrected chi connectivity index (χ1v) is 7.26. The van der Waals surface area contributed by atoms with Crippen molar-refractivity contribution in [3.63, 3.8) is 0 Å². The fourth-order valence-electron chi connectivity index (χ4n) is 2.40. The van der Waals surface area contributed by atoms with E-state index in [1.807, 2.05) is 6.07 Å². The van der Waals surface area contributed by atoms with Crippen LogP contribution in [-0.4, -0.2) is 0 Å². The van der Waals surface area contributed by atoms with Gasteiger partial charge in [-0.05, 0) is 41.3 Å². The van der Waals surface area contributed by atoms with Gasteiger partial charge in [-0.1, -0.05) is 66.7 Å². The van der Waals surface area contributed by atoms with Crippen LogP contribution in [0.2, 0.25) is 0 Å². The molecule has 0 unspecified atom stereocenters. The fraction of sp³-hybridized carbons (Fsp3) is 0.100. The third kappa shape index (κ3) is 3.51. The molecule has 0 aromatic heterocycles. The molecule has 0 heterocycles. The highest BCUT2D eigenvalue weighted by atomic mass is 14.9. The van der Waals surface area contributed by atoms with Crippen molar-refractivity contribution in [1.29, 1.82) is 0 Å². The Labute approximate surface area is 126 Å². The zero-order chi connectivity index (χ0) is 14.5. The Kier molecular flexibility index (Phi) is 4.02. The second-order valence-corrected chi connectivity index (χ2v) is 5.29. The van der Waals surface area contributed by atoms with E-state index in [-0.39, 0.29) is 0 Å². The lowest BCUT2D eigenvalue weighted by molar-refractivity contribution is 1.15. The Balaban J connectivity index is 1.68. The monoisotopic (exact) mass is 273 g/mol. The van der Waals surface area contributed by atoms with Crippen LogP contribution < -0.4 is 5.32 Å².